The van der Waals surface area contributed by atoms with Gasteiger partial charge in [-0.25, -0.2) is 4.98 Å². The maximum atomic E-state index is 12.8. The molecule has 1 saturated heterocycles. The van der Waals surface area contributed by atoms with E-state index >= 15 is 0 Å². The Morgan fingerprint density at radius 2 is 1.88 bits per heavy atom. The van der Waals surface area contributed by atoms with Gasteiger partial charge in [-0.05, 0) is 80.8 Å². The molecule has 2 fully saturated rings. The molecule has 2 bridgehead atoms. The van der Waals surface area contributed by atoms with Crippen LogP contribution < -0.4 is 9.64 Å². The van der Waals surface area contributed by atoms with E-state index in [0.29, 0.717) is 25.3 Å². The first-order chi connectivity index (χ1) is 19.3. The number of nitrogens with zero attached hydrogens (tertiary/aromatic N) is 3. The number of rotatable bonds is 10. The van der Waals surface area contributed by atoms with Crippen LogP contribution in [-0.4, -0.2) is 64.8 Å². The Labute approximate surface area is 239 Å². The van der Waals surface area contributed by atoms with Gasteiger partial charge in [0, 0.05) is 42.7 Å². The lowest BCUT2D eigenvalue weighted by Crippen LogP contribution is -2.44. The van der Waals surface area contributed by atoms with Crippen LogP contribution in [0.15, 0.2) is 41.8 Å². The first-order valence-corrected chi connectivity index (χ1v) is 14.8. The highest BCUT2D eigenvalue weighted by atomic mass is 32.1. The van der Waals surface area contributed by atoms with Crippen molar-refractivity contribution < 1.29 is 24.5 Å². The third kappa shape index (κ3) is 5.71. The monoisotopic (exact) mass is 563 g/mol. The molecule has 5 rings (SSSR count). The smallest absolute Gasteiger partial charge is 0.307 e. The van der Waals surface area contributed by atoms with Crippen molar-refractivity contribution in [2.45, 2.75) is 40.2 Å². The fourth-order valence-electron chi connectivity index (χ4n) is 6.14. The molecule has 2 aliphatic rings. The third-order valence-corrected chi connectivity index (χ3v) is 9.21. The minimum atomic E-state index is -0.658. The molecule has 40 heavy (non-hydrogen) atoms. The molecular weight excluding hydrogens is 526 g/mol. The van der Waals surface area contributed by atoms with Crippen molar-refractivity contribution in [2.75, 3.05) is 37.7 Å². The van der Waals surface area contributed by atoms with Crippen LogP contribution in [0.5, 0.6) is 5.75 Å². The zero-order valence-corrected chi connectivity index (χ0v) is 24.1. The van der Waals surface area contributed by atoms with E-state index in [9.17, 15) is 19.8 Å². The van der Waals surface area contributed by atoms with Gasteiger partial charge in [0.25, 0.3) is 5.91 Å². The van der Waals surface area contributed by atoms with E-state index in [1.54, 1.807) is 16.2 Å². The van der Waals surface area contributed by atoms with E-state index in [2.05, 4.69) is 16.3 Å². The zero-order valence-electron chi connectivity index (χ0n) is 23.3. The number of thiazole rings is 1. The van der Waals surface area contributed by atoms with Crippen molar-refractivity contribution in [1.29, 1.82) is 0 Å². The van der Waals surface area contributed by atoms with Crippen molar-refractivity contribution in [3.05, 3.63) is 64.0 Å². The van der Waals surface area contributed by atoms with Gasteiger partial charge in [0.2, 0.25) is 0 Å². The molecule has 2 aromatic carbocycles. The van der Waals surface area contributed by atoms with Gasteiger partial charge in [0.1, 0.15) is 12.4 Å². The molecule has 1 aliphatic carbocycles. The number of aromatic nitrogens is 1. The van der Waals surface area contributed by atoms with Gasteiger partial charge in [-0.15, -0.1) is 11.3 Å². The molecule has 2 heterocycles. The summed E-state index contributed by atoms with van der Waals surface area (Å²) in [6.45, 7) is 8.55. The number of piperidine rings is 1. The van der Waals surface area contributed by atoms with Gasteiger partial charge < -0.3 is 24.7 Å². The summed E-state index contributed by atoms with van der Waals surface area (Å²) < 4.78 is 6.32. The average Bonchev–Trinajstić information content (AvgIpc) is 3.54. The van der Waals surface area contributed by atoms with E-state index in [1.165, 1.54) is 0 Å². The van der Waals surface area contributed by atoms with Crippen LogP contribution in [0.1, 0.15) is 46.8 Å². The number of carboxylic acids is 1. The summed E-state index contributed by atoms with van der Waals surface area (Å²) in [6.07, 6.45) is 1.95. The SMILES string of the molecule is CCN(CCO)C(=O)c1ccc(COc2ccc(C)cc2-c2csc(N3CC4CC[C@H](C3)C4C(=O)O)n2)c(C)c1. The number of aliphatic hydroxyl groups is 1. The number of ether oxygens (including phenoxy) is 1. The van der Waals surface area contributed by atoms with Crippen LogP contribution in [-0.2, 0) is 11.4 Å². The van der Waals surface area contributed by atoms with Gasteiger partial charge in [-0.2, -0.15) is 0 Å². The predicted octanol–water partition coefficient (Wildman–Crippen LogP) is 5.01. The van der Waals surface area contributed by atoms with E-state index in [0.717, 1.165) is 64.8 Å². The largest absolute Gasteiger partial charge is 0.488 e. The Morgan fingerprint density at radius 3 is 2.52 bits per heavy atom. The standard InChI is InChI=1S/C31H37N3O5S/c1-4-33(11-12-35)29(36)21-6-9-24(20(3)14-21)17-39-27-10-5-19(2)13-25(27)26-18-40-31(32-26)34-15-22-7-8-23(16-34)28(22)30(37)38/h5-6,9-10,13-14,18,22-23,28,35H,4,7-8,11-12,15-17H2,1-3H3,(H,37,38)/t22-,23?,28?/m1/s1. The number of fused-ring (bicyclic) bond motifs is 2. The fourth-order valence-corrected chi connectivity index (χ4v) is 6.98. The number of aryl methyl sites for hydroxylation is 2. The van der Waals surface area contributed by atoms with Crippen LogP contribution in [0.4, 0.5) is 5.13 Å². The van der Waals surface area contributed by atoms with Crippen LogP contribution in [0.2, 0.25) is 0 Å². The predicted molar refractivity (Wildman–Crippen MR) is 156 cm³/mol. The first-order valence-electron chi connectivity index (χ1n) is 14.0. The van der Waals surface area contributed by atoms with Crippen molar-refractivity contribution in [3.8, 4) is 17.0 Å². The Kier molecular flexibility index (Phi) is 8.42. The normalized spacial score (nSPS) is 20.0. The lowest BCUT2D eigenvalue weighted by Gasteiger charge is -2.35. The molecule has 0 spiro atoms. The second-order valence-corrected chi connectivity index (χ2v) is 11.8. The van der Waals surface area contributed by atoms with Gasteiger partial charge >= 0.3 is 5.97 Å². The van der Waals surface area contributed by atoms with E-state index in [1.807, 2.05) is 51.1 Å². The molecule has 2 unspecified atom stereocenters. The van der Waals surface area contributed by atoms with Crippen molar-refractivity contribution >= 4 is 28.3 Å². The Bertz CT molecular complexity index is 1380. The van der Waals surface area contributed by atoms with Crippen LogP contribution in [0, 0.1) is 31.6 Å². The molecule has 1 amide bonds. The summed E-state index contributed by atoms with van der Waals surface area (Å²) in [5.74, 6) is 0.139. The number of carbonyl (C=O) groups is 2. The summed E-state index contributed by atoms with van der Waals surface area (Å²) in [4.78, 5) is 33.4. The quantitative estimate of drug-likeness (QED) is 0.358. The summed E-state index contributed by atoms with van der Waals surface area (Å²) in [7, 11) is 0. The van der Waals surface area contributed by atoms with E-state index in [4.69, 9.17) is 9.72 Å². The Morgan fingerprint density at radius 1 is 1.12 bits per heavy atom. The van der Waals surface area contributed by atoms with E-state index < -0.39 is 5.97 Å². The van der Waals surface area contributed by atoms with Crippen LogP contribution in [0.25, 0.3) is 11.3 Å². The Hall–Kier alpha value is -3.43. The van der Waals surface area contributed by atoms with Crippen LogP contribution in [0.3, 0.4) is 0 Å². The topological polar surface area (TPSA) is 103 Å². The maximum absolute atomic E-state index is 12.8. The third-order valence-electron chi connectivity index (χ3n) is 8.30. The highest BCUT2D eigenvalue weighted by Gasteiger charge is 2.46. The molecule has 212 valence electrons. The molecular formula is C31H37N3O5S. The minimum absolute atomic E-state index is 0.0614. The van der Waals surface area contributed by atoms with Gasteiger partial charge in [-0.1, -0.05) is 17.7 Å². The summed E-state index contributed by atoms with van der Waals surface area (Å²) in [5.41, 5.74) is 5.45. The molecule has 0 radical (unpaired) electrons. The summed E-state index contributed by atoms with van der Waals surface area (Å²) >= 11 is 1.60. The minimum Gasteiger partial charge on any atom is -0.488 e. The number of likely N-dealkylation sites (N-methyl/N-ethyl adjacent to an activating group) is 1. The Balaban J connectivity index is 1.30. The number of hydrogen-bond acceptors (Lipinski definition) is 7. The number of anilines is 1. The number of amides is 1. The zero-order chi connectivity index (χ0) is 28.4. The van der Waals surface area contributed by atoms with Crippen LogP contribution >= 0.6 is 11.3 Å². The number of aliphatic carboxylic acids is 1. The second-order valence-electron chi connectivity index (χ2n) is 10.9. The lowest BCUT2D eigenvalue weighted by molar-refractivity contribution is -0.144. The van der Waals surface area contributed by atoms with Gasteiger partial charge in [0.15, 0.2) is 5.13 Å². The molecule has 3 aromatic rings. The molecule has 1 aromatic heterocycles. The molecule has 1 aliphatic heterocycles. The molecule has 8 nitrogen and oxygen atoms in total. The fraction of sp³-hybridized carbons (Fsp3) is 0.452. The molecule has 3 atom stereocenters. The van der Waals surface area contributed by atoms with Gasteiger partial charge in [0.05, 0.1) is 18.2 Å². The molecule has 9 heteroatoms. The highest BCUT2D eigenvalue weighted by Crippen LogP contribution is 2.44. The number of carbonyl (C=O) groups excluding carboxylic acids is 1. The first kappa shape index (κ1) is 28.1. The lowest BCUT2D eigenvalue weighted by atomic mass is 9.85. The molecule has 2 N–H and O–H groups in total. The maximum Gasteiger partial charge on any atom is 0.307 e. The number of hydrogen-bond donors (Lipinski definition) is 2. The van der Waals surface area contributed by atoms with Gasteiger partial charge in [-0.3, -0.25) is 9.59 Å². The van der Waals surface area contributed by atoms with Crippen molar-refractivity contribution in [3.63, 3.8) is 0 Å². The number of aliphatic hydroxyl groups excluding tert-OH is 1. The summed E-state index contributed by atoms with van der Waals surface area (Å²) in [6, 6.07) is 11.7. The molecule has 1 saturated carbocycles. The highest BCUT2D eigenvalue weighted by molar-refractivity contribution is 7.14. The average molecular weight is 564 g/mol. The summed E-state index contributed by atoms with van der Waals surface area (Å²) in [5, 5.41) is 21.9. The van der Waals surface area contributed by atoms with Crippen molar-refractivity contribution in [2.24, 2.45) is 17.8 Å². The van der Waals surface area contributed by atoms with E-state index in [-0.39, 0.29) is 30.3 Å². The second kappa shape index (κ2) is 12.0. The van der Waals surface area contributed by atoms with Crippen molar-refractivity contribution in [1.82, 2.24) is 9.88 Å². The number of carboxylic acid groups (broad SMARTS) is 1. The number of benzene rings is 2.